The first-order valence-corrected chi connectivity index (χ1v) is 10.7. The van der Waals surface area contributed by atoms with Crippen LogP contribution < -0.4 is 10.6 Å². The Bertz CT molecular complexity index is 1360. The van der Waals surface area contributed by atoms with Crippen LogP contribution in [-0.4, -0.2) is 32.2 Å². The quantitative estimate of drug-likeness (QED) is 0.327. The summed E-state index contributed by atoms with van der Waals surface area (Å²) in [7, 11) is 0. The second-order valence-corrected chi connectivity index (χ2v) is 8.47. The van der Waals surface area contributed by atoms with Crippen molar-refractivity contribution in [2.75, 3.05) is 5.32 Å². The van der Waals surface area contributed by atoms with Crippen molar-refractivity contribution < 1.29 is 18.4 Å². The van der Waals surface area contributed by atoms with E-state index in [0.717, 1.165) is 5.56 Å². The Balaban J connectivity index is 1.37. The van der Waals surface area contributed by atoms with E-state index < -0.39 is 23.4 Å². The molecule has 8 nitrogen and oxygen atoms in total. The first-order chi connectivity index (χ1) is 15.8. The standard InChI is InChI=1S/C20H12Cl2F2N6O2S/c21-10-3-1-2-9(4-10)20-30-29-17(33-20)8-25-19(32)15-7-16(28-27-15)26-18(31)11-5-13(23)14(24)6-12(11)22/h1-7H,8H2,(H,25,32)(H2,26,27,28,31). The number of carbonyl (C=O) groups excluding carboxylic acids is 2. The van der Waals surface area contributed by atoms with Crippen molar-refractivity contribution in [3.63, 3.8) is 0 Å². The van der Waals surface area contributed by atoms with Crippen LogP contribution in [0.1, 0.15) is 25.9 Å². The summed E-state index contributed by atoms with van der Waals surface area (Å²) in [6.45, 7) is 0.113. The van der Waals surface area contributed by atoms with Crippen molar-refractivity contribution in [1.82, 2.24) is 25.7 Å². The minimum absolute atomic E-state index is 0.00916. The third-order valence-electron chi connectivity index (χ3n) is 4.26. The smallest absolute Gasteiger partial charge is 0.269 e. The number of amides is 2. The zero-order valence-electron chi connectivity index (χ0n) is 16.3. The van der Waals surface area contributed by atoms with E-state index in [-0.39, 0.29) is 28.6 Å². The van der Waals surface area contributed by atoms with Crippen molar-refractivity contribution in [3.8, 4) is 10.6 Å². The van der Waals surface area contributed by atoms with Gasteiger partial charge < -0.3 is 10.6 Å². The van der Waals surface area contributed by atoms with Crippen LogP contribution >= 0.6 is 34.5 Å². The number of anilines is 1. The van der Waals surface area contributed by atoms with E-state index in [2.05, 4.69) is 31.0 Å². The minimum Gasteiger partial charge on any atom is -0.344 e. The molecule has 4 rings (SSSR count). The van der Waals surface area contributed by atoms with E-state index in [1.807, 2.05) is 6.07 Å². The summed E-state index contributed by atoms with van der Waals surface area (Å²) in [6, 6.07) is 9.81. The summed E-state index contributed by atoms with van der Waals surface area (Å²) >= 11 is 13.1. The van der Waals surface area contributed by atoms with Crippen molar-refractivity contribution in [2.45, 2.75) is 6.54 Å². The van der Waals surface area contributed by atoms with Crippen molar-refractivity contribution >= 4 is 52.2 Å². The van der Waals surface area contributed by atoms with Crippen LogP contribution in [-0.2, 0) is 6.54 Å². The summed E-state index contributed by atoms with van der Waals surface area (Å²) in [5.74, 6) is -3.73. The molecule has 0 radical (unpaired) electrons. The molecule has 2 aromatic carbocycles. The normalized spacial score (nSPS) is 10.8. The number of hydrogen-bond donors (Lipinski definition) is 3. The average Bonchev–Trinajstić information content (AvgIpc) is 3.44. The van der Waals surface area contributed by atoms with E-state index in [1.165, 1.54) is 17.4 Å². The summed E-state index contributed by atoms with van der Waals surface area (Å²) < 4.78 is 26.6. The van der Waals surface area contributed by atoms with Gasteiger partial charge in [-0.15, -0.1) is 10.2 Å². The molecular formula is C20H12Cl2F2N6O2S. The Morgan fingerprint density at radius 1 is 1.03 bits per heavy atom. The van der Waals surface area contributed by atoms with Gasteiger partial charge in [-0.1, -0.05) is 46.7 Å². The molecule has 2 amide bonds. The number of H-pyrrole nitrogens is 1. The maximum absolute atomic E-state index is 13.4. The third kappa shape index (κ3) is 5.33. The Morgan fingerprint density at radius 3 is 2.61 bits per heavy atom. The molecule has 4 aromatic rings. The van der Waals surface area contributed by atoms with Crippen LogP contribution in [0.25, 0.3) is 10.6 Å². The lowest BCUT2D eigenvalue weighted by Gasteiger charge is -2.05. The van der Waals surface area contributed by atoms with Gasteiger partial charge in [-0.25, -0.2) is 8.78 Å². The molecule has 0 spiro atoms. The van der Waals surface area contributed by atoms with Crippen LogP contribution in [0.15, 0.2) is 42.5 Å². The molecule has 0 bridgehead atoms. The molecule has 2 heterocycles. The highest BCUT2D eigenvalue weighted by Crippen LogP contribution is 2.26. The maximum atomic E-state index is 13.4. The molecule has 0 aliphatic rings. The SMILES string of the molecule is O=C(NCc1nnc(-c2cccc(Cl)c2)s1)c1cc(NC(=O)c2cc(F)c(F)cc2Cl)n[nH]1. The molecule has 13 heteroatoms. The van der Waals surface area contributed by atoms with Gasteiger partial charge in [0.2, 0.25) is 0 Å². The first kappa shape index (κ1) is 22.8. The molecule has 0 fully saturated rings. The highest BCUT2D eigenvalue weighted by molar-refractivity contribution is 7.14. The van der Waals surface area contributed by atoms with Crippen LogP contribution in [0.5, 0.6) is 0 Å². The summed E-state index contributed by atoms with van der Waals surface area (Å²) in [5.41, 5.74) is 0.588. The van der Waals surface area contributed by atoms with Crippen LogP contribution in [0.4, 0.5) is 14.6 Å². The van der Waals surface area contributed by atoms with E-state index in [4.69, 9.17) is 23.2 Å². The highest BCUT2D eigenvalue weighted by atomic mass is 35.5. The third-order valence-corrected chi connectivity index (χ3v) is 5.78. The molecule has 33 heavy (non-hydrogen) atoms. The Labute approximate surface area is 199 Å². The molecule has 0 unspecified atom stereocenters. The molecule has 168 valence electrons. The summed E-state index contributed by atoms with van der Waals surface area (Å²) in [6.07, 6.45) is 0. The molecular weight excluding hydrogens is 497 g/mol. The van der Waals surface area contributed by atoms with Gasteiger partial charge in [0.05, 0.1) is 17.1 Å². The Hall–Kier alpha value is -3.41. The van der Waals surface area contributed by atoms with E-state index in [0.29, 0.717) is 27.2 Å². The minimum atomic E-state index is -1.22. The number of nitrogens with zero attached hydrogens (tertiary/aromatic N) is 3. The first-order valence-electron chi connectivity index (χ1n) is 9.18. The number of aromatic amines is 1. The molecule has 2 aromatic heterocycles. The zero-order valence-corrected chi connectivity index (χ0v) is 18.7. The summed E-state index contributed by atoms with van der Waals surface area (Å²) in [4.78, 5) is 24.6. The van der Waals surface area contributed by atoms with Gasteiger partial charge in [-0.2, -0.15) is 5.10 Å². The van der Waals surface area contributed by atoms with Crippen molar-refractivity contribution in [2.24, 2.45) is 0 Å². The van der Waals surface area contributed by atoms with E-state index in [9.17, 15) is 18.4 Å². The number of carbonyl (C=O) groups is 2. The molecule has 0 atom stereocenters. The van der Waals surface area contributed by atoms with Gasteiger partial charge in [0.1, 0.15) is 15.7 Å². The van der Waals surface area contributed by atoms with Gasteiger partial charge in [0, 0.05) is 16.7 Å². The fourth-order valence-corrected chi connectivity index (χ4v) is 3.90. The second-order valence-electron chi connectivity index (χ2n) is 6.56. The van der Waals surface area contributed by atoms with Crippen LogP contribution in [0.2, 0.25) is 10.0 Å². The fourth-order valence-electron chi connectivity index (χ4n) is 2.70. The van der Waals surface area contributed by atoms with Gasteiger partial charge in [0.25, 0.3) is 11.8 Å². The second kappa shape index (κ2) is 9.61. The Kier molecular flexibility index (Phi) is 6.63. The van der Waals surface area contributed by atoms with Gasteiger partial charge in [-0.05, 0) is 24.3 Å². The number of hydrogen-bond acceptors (Lipinski definition) is 6. The fraction of sp³-hybridized carbons (Fsp3) is 0.0500. The van der Waals surface area contributed by atoms with Gasteiger partial charge >= 0.3 is 0 Å². The number of halogens is 4. The van der Waals surface area contributed by atoms with Crippen LogP contribution in [0.3, 0.4) is 0 Å². The maximum Gasteiger partial charge on any atom is 0.269 e. The largest absolute Gasteiger partial charge is 0.344 e. The monoisotopic (exact) mass is 508 g/mol. The van der Waals surface area contributed by atoms with Gasteiger partial charge in [0.15, 0.2) is 17.5 Å². The lowest BCUT2D eigenvalue weighted by Crippen LogP contribution is -2.23. The molecule has 0 aliphatic carbocycles. The van der Waals surface area contributed by atoms with Gasteiger partial charge in [-0.3, -0.25) is 14.7 Å². The van der Waals surface area contributed by atoms with E-state index in [1.54, 1.807) is 18.2 Å². The molecule has 0 aliphatic heterocycles. The van der Waals surface area contributed by atoms with Crippen LogP contribution in [0, 0.1) is 11.6 Å². The zero-order chi connectivity index (χ0) is 23.5. The van der Waals surface area contributed by atoms with E-state index >= 15 is 0 Å². The predicted molar refractivity (Wildman–Crippen MR) is 119 cm³/mol. The average molecular weight is 509 g/mol. The number of benzene rings is 2. The number of rotatable bonds is 6. The topological polar surface area (TPSA) is 113 Å². The number of aromatic nitrogens is 4. The lowest BCUT2D eigenvalue weighted by atomic mass is 10.2. The molecule has 0 saturated carbocycles. The molecule has 3 N–H and O–H groups in total. The molecule has 0 saturated heterocycles. The highest BCUT2D eigenvalue weighted by Gasteiger charge is 2.18. The predicted octanol–water partition coefficient (Wildman–Crippen LogP) is 4.70. The summed E-state index contributed by atoms with van der Waals surface area (Å²) in [5, 5.41) is 21.0. The Morgan fingerprint density at radius 2 is 1.82 bits per heavy atom. The van der Waals surface area contributed by atoms with Crippen molar-refractivity contribution in [3.05, 3.63) is 80.4 Å². The van der Waals surface area contributed by atoms with Crippen molar-refractivity contribution in [1.29, 1.82) is 0 Å². The number of nitrogens with one attached hydrogen (secondary N) is 3. The lowest BCUT2D eigenvalue weighted by molar-refractivity contribution is 0.0945.